The molecule has 0 fully saturated rings. The third-order valence-electron chi connectivity index (χ3n) is 4.64. The number of fused-ring (bicyclic) bond motifs is 4. The van der Waals surface area contributed by atoms with Crippen molar-refractivity contribution in [2.75, 3.05) is 0 Å². The minimum atomic E-state index is -2.37. The zero-order chi connectivity index (χ0) is 19.3. The summed E-state index contributed by atoms with van der Waals surface area (Å²) in [6.45, 7) is 0. The summed E-state index contributed by atoms with van der Waals surface area (Å²) in [5.74, 6) is 0. The molecule has 5 heteroatoms. The molecule has 0 aliphatic carbocycles. The van der Waals surface area contributed by atoms with Crippen molar-refractivity contribution in [2.24, 2.45) is 0 Å². The summed E-state index contributed by atoms with van der Waals surface area (Å²) in [4.78, 5) is 8.92. The molecule has 2 heterocycles. The van der Waals surface area contributed by atoms with Crippen LogP contribution in [0.4, 0.5) is 8.78 Å². The molecule has 0 radical (unpaired) electrons. The summed E-state index contributed by atoms with van der Waals surface area (Å²) in [6, 6.07) is 17.5. The Hall–Kier alpha value is -2.92. The van der Waals surface area contributed by atoms with E-state index in [4.69, 9.17) is 1.37 Å². The van der Waals surface area contributed by atoms with Crippen LogP contribution in [-0.4, -0.2) is 16.4 Å². The molecule has 0 unspecified atom stereocenters. The van der Waals surface area contributed by atoms with E-state index in [1.54, 1.807) is 6.07 Å². The highest BCUT2D eigenvalue weighted by molar-refractivity contribution is 7.26. The van der Waals surface area contributed by atoms with E-state index in [0.717, 1.165) is 42.3 Å². The quantitative estimate of drug-likeness (QED) is 0.360. The Morgan fingerprint density at radius 3 is 2.70 bits per heavy atom. The maximum atomic E-state index is 12.7. The minimum absolute atomic E-state index is 0.254. The molecule has 0 atom stereocenters. The Morgan fingerprint density at radius 1 is 1.00 bits per heavy atom. The van der Waals surface area contributed by atoms with Crippen molar-refractivity contribution in [1.82, 2.24) is 9.97 Å². The van der Waals surface area contributed by atoms with Gasteiger partial charge in [-0.05, 0) is 28.5 Å². The molecule has 27 heavy (non-hydrogen) atoms. The number of hydrogen-bond donors (Lipinski definition) is 0. The zero-order valence-corrected chi connectivity index (χ0v) is 14.9. The lowest BCUT2D eigenvalue weighted by atomic mass is 10.0. The van der Waals surface area contributed by atoms with E-state index >= 15 is 0 Å². The molecular formula is C22H14F2N2S. The number of aromatic nitrogens is 2. The number of alkyl halides is 2. The molecule has 3 aromatic carbocycles. The van der Waals surface area contributed by atoms with Crippen LogP contribution in [0, 0.1) is 0 Å². The van der Waals surface area contributed by atoms with Crippen LogP contribution in [0.25, 0.3) is 42.3 Å². The predicted molar refractivity (Wildman–Crippen MR) is 108 cm³/mol. The van der Waals surface area contributed by atoms with Crippen molar-refractivity contribution in [3.63, 3.8) is 0 Å². The SMILES string of the molecule is [2H]c1cc(-c2ncnc3c2sc2cc(CC(F)F)ccc23)cc2ccccc12. The van der Waals surface area contributed by atoms with Gasteiger partial charge in [-0.25, -0.2) is 18.7 Å². The third-order valence-corrected chi connectivity index (χ3v) is 5.78. The van der Waals surface area contributed by atoms with Gasteiger partial charge in [0, 0.05) is 22.1 Å². The van der Waals surface area contributed by atoms with Gasteiger partial charge in [-0.3, -0.25) is 0 Å². The fourth-order valence-electron chi connectivity index (χ4n) is 3.39. The number of hydrogen-bond acceptors (Lipinski definition) is 3. The van der Waals surface area contributed by atoms with Crippen LogP contribution in [0.15, 0.2) is 67.0 Å². The Bertz CT molecular complexity index is 1350. The molecule has 0 spiro atoms. The lowest BCUT2D eigenvalue weighted by molar-refractivity contribution is 0.149. The van der Waals surface area contributed by atoms with E-state index in [1.165, 1.54) is 17.7 Å². The highest BCUT2D eigenvalue weighted by Crippen LogP contribution is 2.38. The van der Waals surface area contributed by atoms with Crippen LogP contribution in [0.3, 0.4) is 0 Å². The fraction of sp³-hybridized carbons (Fsp3) is 0.0909. The van der Waals surface area contributed by atoms with Gasteiger partial charge >= 0.3 is 0 Å². The summed E-state index contributed by atoms with van der Waals surface area (Å²) in [6.07, 6.45) is -1.10. The van der Waals surface area contributed by atoms with E-state index in [-0.39, 0.29) is 6.42 Å². The summed E-state index contributed by atoms with van der Waals surface area (Å²) < 4.78 is 35.7. The summed E-state index contributed by atoms with van der Waals surface area (Å²) >= 11 is 1.50. The highest BCUT2D eigenvalue weighted by atomic mass is 32.1. The van der Waals surface area contributed by atoms with E-state index in [2.05, 4.69) is 9.97 Å². The topological polar surface area (TPSA) is 25.8 Å². The van der Waals surface area contributed by atoms with E-state index in [9.17, 15) is 8.78 Å². The Kier molecular flexibility index (Phi) is 3.57. The van der Waals surface area contributed by atoms with Crippen LogP contribution < -0.4 is 0 Å². The van der Waals surface area contributed by atoms with Crippen molar-refractivity contribution in [2.45, 2.75) is 12.8 Å². The number of thiophene rings is 1. The van der Waals surface area contributed by atoms with Crippen LogP contribution >= 0.6 is 11.3 Å². The second-order valence-corrected chi connectivity index (χ2v) is 7.46. The standard InChI is InChI=1S/C22H14F2N2S/c23-19(24)10-13-5-8-17-18(9-13)27-22-20(25-12-26-21(17)22)16-7-6-14-3-1-2-4-15(14)11-16/h1-9,11-12,19H,10H2/i6D. The second-order valence-electron chi connectivity index (χ2n) is 6.40. The van der Waals surface area contributed by atoms with Gasteiger partial charge in [0.2, 0.25) is 6.43 Å². The molecule has 0 N–H and O–H groups in total. The average Bonchev–Trinajstić information content (AvgIpc) is 3.05. The molecule has 0 aliphatic rings. The molecule has 5 rings (SSSR count). The Balaban J connectivity index is 1.74. The smallest absolute Gasteiger partial charge is 0.235 e. The van der Waals surface area contributed by atoms with Crippen LogP contribution in [0.5, 0.6) is 0 Å². The Labute approximate surface area is 159 Å². The first-order chi connectivity index (χ1) is 13.6. The first-order valence-corrected chi connectivity index (χ1v) is 9.36. The molecule has 0 bridgehead atoms. The highest BCUT2D eigenvalue weighted by Gasteiger charge is 2.14. The molecular weight excluding hydrogens is 362 g/mol. The van der Waals surface area contributed by atoms with Crippen molar-refractivity contribution in [3.05, 3.63) is 72.5 Å². The number of nitrogens with zero attached hydrogens (tertiary/aromatic N) is 2. The largest absolute Gasteiger partial charge is 0.242 e. The maximum absolute atomic E-state index is 12.7. The summed E-state index contributed by atoms with van der Waals surface area (Å²) in [5.41, 5.74) is 3.05. The lowest BCUT2D eigenvalue weighted by Crippen LogP contribution is -1.95. The Morgan fingerprint density at radius 2 is 1.85 bits per heavy atom. The normalized spacial score (nSPS) is 12.3. The van der Waals surface area contributed by atoms with Crippen LogP contribution in [0.2, 0.25) is 0 Å². The van der Waals surface area contributed by atoms with Crippen molar-refractivity contribution in [3.8, 4) is 11.3 Å². The third kappa shape index (κ3) is 2.84. The fourth-order valence-corrected chi connectivity index (χ4v) is 4.62. The number of halogens is 2. The molecule has 0 saturated carbocycles. The van der Waals surface area contributed by atoms with E-state index in [1.807, 2.05) is 48.5 Å². The van der Waals surface area contributed by atoms with Gasteiger partial charge in [0.05, 0.1) is 17.3 Å². The molecule has 0 aliphatic heterocycles. The van der Waals surface area contributed by atoms with Crippen molar-refractivity contribution >= 4 is 42.4 Å². The van der Waals surface area contributed by atoms with Gasteiger partial charge in [0.1, 0.15) is 6.33 Å². The van der Waals surface area contributed by atoms with Crippen LogP contribution in [-0.2, 0) is 6.42 Å². The zero-order valence-electron chi connectivity index (χ0n) is 15.1. The monoisotopic (exact) mass is 377 g/mol. The first-order valence-electron chi connectivity index (χ1n) is 9.04. The van der Waals surface area contributed by atoms with Gasteiger partial charge in [0.25, 0.3) is 0 Å². The van der Waals surface area contributed by atoms with Crippen molar-refractivity contribution < 1.29 is 10.2 Å². The van der Waals surface area contributed by atoms with Gasteiger partial charge in [0.15, 0.2) is 0 Å². The van der Waals surface area contributed by atoms with Gasteiger partial charge in [-0.15, -0.1) is 11.3 Å². The molecule has 0 amide bonds. The minimum Gasteiger partial charge on any atom is -0.235 e. The first kappa shape index (κ1) is 15.2. The molecule has 132 valence electrons. The van der Waals surface area contributed by atoms with E-state index < -0.39 is 6.43 Å². The van der Waals surface area contributed by atoms with Gasteiger partial charge in [-0.2, -0.15) is 0 Å². The summed E-state index contributed by atoms with van der Waals surface area (Å²) in [5, 5.41) is 2.81. The van der Waals surface area contributed by atoms with Crippen LogP contribution in [0.1, 0.15) is 6.93 Å². The molecule has 2 nitrogen and oxygen atoms in total. The predicted octanol–water partition coefficient (Wildman–Crippen LogP) is 6.47. The van der Waals surface area contributed by atoms with Gasteiger partial charge in [-0.1, -0.05) is 48.5 Å². The lowest BCUT2D eigenvalue weighted by Gasteiger charge is -2.04. The summed E-state index contributed by atoms with van der Waals surface area (Å²) in [7, 11) is 0. The van der Waals surface area contributed by atoms with E-state index in [0.29, 0.717) is 11.6 Å². The number of benzene rings is 3. The van der Waals surface area contributed by atoms with Gasteiger partial charge < -0.3 is 0 Å². The molecule has 5 aromatic rings. The molecule has 2 aromatic heterocycles. The molecule has 0 saturated heterocycles. The second kappa shape index (κ2) is 6.35. The maximum Gasteiger partial charge on any atom is 0.242 e. The van der Waals surface area contributed by atoms with Crippen molar-refractivity contribution in [1.29, 1.82) is 0 Å². The number of rotatable bonds is 3. The average molecular weight is 377 g/mol.